The van der Waals surface area contributed by atoms with Crippen LogP contribution < -0.4 is 26.2 Å². The average molecular weight is 623 g/mol. The number of hydrogen-bond donors (Lipinski definition) is 3. The Balaban J connectivity index is 0.00000308. The zero-order valence-corrected chi connectivity index (χ0v) is 25.9. The van der Waals surface area contributed by atoms with Gasteiger partial charge >= 0.3 is 0 Å². The van der Waals surface area contributed by atoms with E-state index in [-0.39, 0.29) is 68.6 Å². The molecule has 4 N–H and O–H groups in total. The number of likely N-dealkylation sites (N-methyl/N-ethyl adjacent to an activating group) is 2. The van der Waals surface area contributed by atoms with E-state index in [4.69, 9.17) is 5.73 Å². The summed E-state index contributed by atoms with van der Waals surface area (Å²) < 4.78 is 0. The highest BCUT2D eigenvalue weighted by Crippen LogP contribution is 2.30. The van der Waals surface area contributed by atoms with E-state index in [2.05, 4.69) is 22.8 Å². The van der Waals surface area contributed by atoms with Crippen molar-refractivity contribution in [2.24, 2.45) is 11.7 Å². The maximum absolute atomic E-state index is 13.3. The second-order valence-electron chi connectivity index (χ2n) is 10.3. The van der Waals surface area contributed by atoms with E-state index < -0.39 is 11.8 Å². The van der Waals surface area contributed by atoms with Gasteiger partial charge in [0.15, 0.2) is 0 Å². The summed E-state index contributed by atoms with van der Waals surface area (Å²) in [6.45, 7) is 7.35. The van der Waals surface area contributed by atoms with Crippen LogP contribution in [-0.2, 0) is 32.3 Å². The SMILES string of the molecule is CCNCCN(C(=O)CNCC(=O)N(C)N1Cc2ccccc2C1)c1ccc(N2CC(C(N)=O)CC2=O)cc1C.Cl.Cl. The van der Waals surface area contributed by atoms with Crippen LogP contribution in [0, 0.1) is 12.8 Å². The van der Waals surface area contributed by atoms with Crippen molar-refractivity contribution in [1.29, 1.82) is 0 Å². The molecule has 230 valence electrons. The Kier molecular flexibility index (Phi) is 13.2. The molecule has 0 spiro atoms. The molecule has 11 nitrogen and oxygen atoms in total. The number of hydrazine groups is 1. The normalized spacial score (nSPS) is 15.9. The summed E-state index contributed by atoms with van der Waals surface area (Å²) in [7, 11) is 1.75. The third-order valence-corrected chi connectivity index (χ3v) is 7.54. The topological polar surface area (TPSA) is 131 Å². The molecule has 0 saturated carbocycles. The number of nitrogens with one attached hydrogen (secondary N) is 2. The third-order valence-electron chi connectivity index (χ3n) is 7.54. The quantitative estimate of drug-likeness (QED) is 0.307. The number of aryl methyl sites for hydroxylation is 1. The van der Waals surface area contributed by atoms with Gasteiger partial charge < -0.3 is 20.9 Å². The maximum atomic E-state index is 13.3. The van der Waals surface area contributed by atoms with Gasteiger partial charge in [-0.3, -0.25) is 29.5 Å². The summed E-state index contributed by atoms with van der Waals surface area (Å²) in [5.41, 5.74) is 10.1. The number of nitrogens with two attached hydrogens (primary N) is 1. The van der Waals surface area contributed by atoms with Gasteiger partial charge in [0, 0.05) is 57.6 Å². The van der Waals surface area contributed by atoms with Crippen LogP contribution in [0.2, 0.25) is 0 Å². The predicted octanol–water partition coefficient (Wildman–Crippen LogP) is 1.60. The summed E-state index contributed by atoms with van der Waals surface area (Å²) in [6, 6.07) is 13.6. The molecule has 2 aromatic carbocycles. The Morgan fingerprint density at radius 3 is 2.21 bits per heavy atom. The van der Waals surface area contributed by atoms with Gasteiger partial charge in [0.25, 0.3) is 5.91 Å². The van der Waals surface area contributed by atoms with E-state index in [0.29, 0.717) is 31.9 Å². The van der Waals surface area contributed by atoms with Crippen molar-refractivity contribution in [3.8, 4) is 0 Å². The third kappa shape index (κ3) is 8.20. The molecule has 1 atom stereocenters. The van der Waals surface area contributed by atoms with Crippen LogP contribution >= 0.6 is 24.8 Å². The first-order chi connectivity index (χ1) is 19.2. The van der Waals surface area contributed by atoms with Gasteiger partial charge in [0.1, 0.15) is 0 Å². The number of rotatable bonds is 12. The van der Waals surface area contributed by atoms with Gasteiger partial charge in [0.05, 0.1) is 19.0 Å². The summed E-state index contributed by atoms with van der Waals surface area (Å²) in [5, 5.41) is 9.88. The lowest BCUT2D eigenvalue weighted by Crippen LogP contribution is -2.47. The number of amides is 4. The highest BCUT2D eigenvalue weighted by atomic mass is 35.5. The minimum absolute atomic E-state index is 0. The van der Waals surface area contributed by atoms with E-state index >= 15 is 0 Å². The molecular formula is C29H41Cl2N7O4. The first-order valence-electron chi connectivity index (χ1n) is 13.7. The van der Waals surface area contributed by atoms with Crippen molar-refractivity contribution < 1.29 is 19.2 Å². The lowest BCUT2D eigenvalue weighted by molar-refractivity contribution is -0.145. The van der Waals surface area contributed by atoms with Crippen LogP contribution in [0.5, 0.6) is 0 Å². The summed E-state index contributed by atoms with van der Waals surface area (Å²) >= 11 is 0. The average Bonchev–Trinajstić information content (AvgIpc) is 3.55. The lowest BCUT2D eigenvalue weighted by Gasteiger charge is -2.28. The smallest absolute Gasteiger partial charge is 0.250 e. The van der Waals surface area contributed by atoms with Crippen LogP contribution in [0.4, 0.5) is 11.4 Å². The summed E-state index contributed by atoms with van der Waals surface area (Å²) in [5.74, 6) is -1.41. The molecule has 4 rings (SSSR count). The molecule has 1 fully saturated rings. The molecule has 1 unspecified atom stereocenters. The summed E-state index contributed by atoms with van der Waals surface area (Å²) in [6.07, 6.45) is 0.105. The minimum atomic E-state index is -0.501. The fraction of sp³-hybridized carbons (Fsp3) is 0.448. The second-order valence-corrected chi connectivity index (χ2v) is 10.3. The highest BCUT2D eigenvalue weighted by Gasteiger charge is 2.34. The van der Waals surface area contributed by atoms with Crippen LogP contribution in [0.3, 0.4) is 0 Å². The Hall–Kier alpha value is -3.22. The molecule has 0 bridgehead atoms. The molecule has 2 aromatic rings. The molecule has 0 radical (unpaired) electrons. The number of benzene rings is 2. The van der Waals surface area contributed by atoms with Crippen LogP contribution in [0.25, 0.3) is 0 Å². The second kappa shape index (κ2) is 15.9. The number of fused-ring (bicyclic) bond motifs is 1. The van der Waals surface area contributed by atoms with Crippen LogP contribution in [-0.4, -0.2) is 80.0 Å². The van der Waals surface area contributed by atoms with Gasteiger partial charge in [0.2, 0.25) is 17.7 Å². The number of anilines is 2. The van der Waals surface area contributed by atoms with E-state index in [1.54, 1.807) is 27.9 Å². The summed E-state index contributed by atoms with van der Waals surface area (Å²) in [4.78, 5) is 53.5. The Labute approximate surface area is 259 Å². The van der Waals surface area contributed by atoms with Gasteiger partial charge in [-0.2, -0.15) is 0 Å². The Bertz CT molecular complexity index is 1250. The number of hydrogen-bond acceptors (Lipinski definition) is 7. The number of carbonyl (C=O) groups is 4. The molecule has 2 aliphatic heterocycles. The number of carbonyl (C=O) groups excluding carboxylic acids is 4. The first kappa shape index (κ1) is 35.0. The molecular weight excluding hydrogens is 581 g/mol. The maximum Gasteiger partial charge on any atom is 0.250 e. The van der Waals surface area contributed by atoms with Crippen molar-refractivity contribution in [3.05, 3.63) is 59.2 Å². The van der Waals surface area contributed by atoms with Gasteiger partial charge in [-0.05, 0) is 48.4 Å². The molecule has 4 amide bonds. The fourth-order valence-electron chi connectivity index (χ4n) is 5.18. The van der Waals surface area contributed by atoms with Crippen molar-refractivity contribution >= 4 is 59.8 Å². The van der Waals surface area contributed by atoms with Gasteiger partial charge in [-0.15, -0.1) is 24.8 Å². The Morgan fingerprint density at radius 2 is 1.64 bits per heavy atom. The van der Waals surface area contributed by atoms with Crippen molar-refractivity contribution in [2.75, 3.05) is 56.1 Å². The fourth-order valence-corrected chi connectivity index (χ4v) is 5.18. The lowest BCUT2D eigenvalue weighted by atomic mass is 10.1. The van der Waals surface area contributed by atoms with Crippen molar-refractivity contribution in [1.82, 2.24) is 20.7 Å². The molecule has 2 aliphatic rings. The zero-order chi connectivity index (χ0) is 28.8. The first-order valence-corrected chi connectivity index (χ1v) is 13.7. The molecule has 1 saturated heterocycles. The highest BCUT2D eigenvalue weighted by molar-refractivity contribution is 6.01. The van der Waals surface area contributed by atoms with Gasteiger partial charge in [-0.25, -0.2) is 5.01 Å². The van der Waals surface area contributed by atoms with Gasteiger partial charge in [-0.1, -0.05) is 31.2 Å². The minimum Gasteiger partial charge on any atom is -0.369 e. The van der Waals surface area contributed by atoms with E-state index in [1.807, 2.05) is 43.1 Å². The van der Waals surface area contributed by atoms with E-state index in [0.717, 1.165) is 17.8 Å². The Morgan fingerprint density at radius 1 is 1.00 bits per heavy atom. The van der Waals surface area contributed by atoms with Crippen molar-refractivity contribution in [3.63, 3.8) is 0 Å². The van der Waals surface area contributed by atoms with E-state index in [1.165, 1.54) is 11.1 Å². The van der Waals surface area contributed by atoms with E-state index in [9.17, 15) is 19.2 Å². The number of halogens is 2. The standard InChI is InChI=1S/C29H39N7O4.2ClH/c1-4-31-11-12-35(25-10-9-24(13-20(25)2)36-19-23(29(30)40)14-26(36)37)28(39)16-32-15-27(38)33(3)34-17-21-7-5-6-8-22(21)18-34;;/h5-10,13,23,31-32H,4,11-12,14-19H2,1-3H3,(H2,30,40);2*1H. The molecule has 0 aliphatic carbocycles. The zero-order valence-electron chi connectivity index (χ0n) is 24.3. The van der Waals surface area contributed by atoms with Crippen LogP contribution in [0.1, 0.15) is 30.0 Å². The van der Waals surface area contributed by atoms with Crippen molar-refractivity contribution in [2.45, 2.75) is 33.4 Å². The molecule has 0 aromatic heterocycles. The molecule has 2 heterocycles. The molecule has 13 heteroatoms. The monoisotopic (exact) mass is 621 g/mol. The van der Waals surface area contributed by atoms with Crippen LogP contribution in [0.15, 0.2) is 42.5 Å². The number of primary amides is 1. The largest absolute Gasteiger partial charge is 0.369 e. The number of nitrogens with zero attached hydrogens (tertiary/aromatic N) is 4. The molecule has 42 heavy (non-hydrogen) atoms. The predicted molar refractivity (Wildman–Crippen MR) is 168 cm³/mol.